The number of ether oxygens (including phenoxy) is 1. The van der Waals surface area contributed by atoms with Gasteiger partial charge in [0.1, 0.15) is 0 Å². The lowest BCUT2D eigenvalue weighted by Gasteiger charge is -2.23. The van der Waals surface area contributed by atoms with Crippen LogP contribution in [0.3, 0.4) is 0 Å². The summed E-state index contributed by atoms with van der Waals surface area (Å²) < 4.78 is 4.60. The molecule has 0 aromatic heterocycles. The molecule has 0 aliphatic rings. The smallest absolute Gasteiger partial charge is 0.310 e. The van der Waals surface area contributed by atoms with E-state index >= 15 is 0 Å². The molecular weight excluding hydrogens is 208 g/mol. The number of hydrogen-bond acceptors (Lipinski definition) is 4. The first-order valence-corrected chi connectivity index (χ1v) is 5.46. The predicted octanol–water partition coefficient (Wildman–Crippen LogP) is 0.239. The first-order valence-electron chi connectivity index (χ1n) is 5.46. The first-order chi connectivity index (χ1) is 7.43. The van der Waals surface area contributed by atoms with Crippen molar-refractivity contribution >= 4 is 11.9 Å². The summed E-state index contributed by atoms with van der Waals surface area (Å²) in [5, 5.41) is 0. The molecule has 0 heterocycles. The Balaban J connectivity index is 4.19. The van der Waals surface area contributed by atoms with Gasteiger partial charge >= 0.3 is 5.97 Å². The van der Waals surface area contributed by atoms with Gasteiger partial charge in [-0.1, -0.05) is 13.8 Å². The third kappa shape index (κ3) is 4.61. The minimum absolute atomic E-state index is 0.0150. The molecule has 0 aromatic carbocycles. The largest absolute Gasteiger partial charge is 0.469 e. The average molecular weight is 230 g/mol. The van der Waals surface area contributed by atoms with Crippen molar-refractivity contribution in [1.29, 1.82) is 0 Å². The number of esters is 1. The molecule has 0 spiro atoms. The van der Waals surface area contributed by atoms with Gasteiger partial charge in [0.25, 0.3) is 0 Å². The summed E-state index contributed by atoms with van der Waals surface area (Å²) in [5.41, 5.74) is 5.39. The molecule has 0 aliphatic carbocycles. The Morgan fingerprint density at radius 2 is 1.88 bits per heavy atom. The van der Waals surface area contributed by atoms with E-state index < -0.39 is 0 Å². The van der Waals surface area contributed by atoms with Gasteiger partial charge in [0.2, 0.25) is 5.91 Å². The van der Waals surface area contributed by atoms with Crippen LogP contribution in [0, 0.1) is 11.8 Å². The molecule has 2 unspecified atom stereocenters. The zero-order valence-electron chi connectivity index (χ0n) is 10.5. The Morgan fingerprint density at radius 3 is 2.31 bits per heavy atom. The normalized spacial score (nSPS) is 14.1. The van der Waals surface area contributed by atoms with E-state index in [1.807, 2.05) is 6.92 Å². The number of nitrogens with two attached hydrogens (primary N) is 1. The number of amides is 1. The number of carbonyl (C=O) groups excluding carboxylic acids is 2. The zero-order chi connectivity index (χ0) is 12.7. The van der Waals surface area contributed by atoms with Crippen molar-refractivity contribution in [3.63, 3.8) is 0 Å². The second kappa shape index (κ2) is 7.22. The molecule has 0 saturated carbocycles. The Bertz CT molecular complexity index is 243. The molecule has 2 N–H and O–H groups in total. The molecule has 5 nitrogen and oxygen atoms in total. The van der Waals surface area contributed by atoms with Crippen molar-refractivity contribution in [3.05, 3.63) is 0 Å². The van der Waals surface area contributed by atoms with Gasteiger partial charge in [-0.05, 0) is 13.0 Å². The number of methoxy groups -OCH3 is 1. The summed E-state index contributed by atoms with van der Waals surface area (Å²) in [6.07, 6.45) is 0.662. The molecule has 0 fully saturated rings. The first kappa shape index (κ1) is 14.9. The van der Waals surface area contributed by atoms with Gasteiger partial charge in [0.15, 0.2) is 0 Å². The molecule has 0 aliphatic heterocycles. The molecular formula is C11H22N2O3. The molecule has 0 rings (SSSR count). The van der Waals surface area contributed by atoms with E-state index in [-0.39, 0.29) is 23.7 Å². The van der Waals surface area contributed by atoms with Crippen LogP contribution in [0.4, 0.5) is 0 Å². The van der Waals surface area contributed by atoms with Gasteiger partial charge < -0.3 is 15.4 Å². The Hall–Kier alpha value is -1.10. The summed E-state index contributed by atoms with van der Waals surface area (Å²) in [6, 6.07) is 0. The maximum absolute atomic E-state index is 11.8. The Kier molecular flexibility index (Phi) is 6.72. The number of carbonyl (C=O) groups is 2. The lowest BCUT2D eigenvalue weighted by Crippen LogP contribution is -2.37. The van der Waals surface area contributed by atoms with E-state index in [4.69, 9.17) is 5.73 Å². The van der Waals surface area contributed by atoms with E-state index in [9.17, 15) is 9.59 Å². The molecule has 1 amide bonds. The van der Waals surface area contributed by atoms with Crippen molar-refractivity contribution in [2.24, 2.45) is 17.6 Å². The average Bonchev–Trinajstić information content (AvgIpc) is 2.26. The van der Waals surface area contributed by atoms with Crippen LogP contribution in [0.15, 0.2) is 0 Å². The van der Waals surface area contributed by atoms with Crippen molar-refractivity contribution in [3.8, 4) is 0 Å². The van der Waals surface area contributed by atoms with Gasteiger partial charge in [0.05, 0.1) is 13.0 Å². The van der Waals surface area contributed by atoms with Gasteiger partial charge in [-0.15, -0.1) is 0 Å². The predicted molar refractivity (Wildman–Crippen MR) is 61.7 cm³/mol. The molecule has 0 bridgehead atoms. The number of rotatable bonds is 6. The van der Waals surface area contributed by atoms with Crippen LogP contribution >= 0.6 is 0 Å². The quantitative estimate of drug-likeness (QED) is 0.663. The highest BCUT2D eigenvalue weighted by atomic mass is 16.5. The van der Waals surface area contributed by atoms with E-state index in [0.717, 1.165) is 0 Å². The Morgan fingerprint density at radius 1 is 1.31 bits per heavy atom. The second-order valence-electron chi connectivity index (χ2n) is 4.12. The summed E-state index contributed by atoms with van der Waals surface area (Å²) in [4.78, 5) is 24.5. The van der Waals surface area contributed by atoms with Crippen LogP contribution in [-0.4, -0.2) is 44.0 Å². The lowest BCUT2D eigenvalue weighted by atomic mass is 10.1. The third-order valence-electron chi connectivity index (χ3n) is 2.55. The van der Waals surface area contributed by atoms with Crippen molar-refractivity contribution < 1.29 is 14.3 Å². The van der Waals surface area contributed by atoms with Crippen LogP contribution in [0.2, 0.25) is 0 Å². The van der Waals surface area contributed by atoms with Gasteiger partial charge in [-0.25, -0.2) is 0 Å². The van der Waals surface area contributed by atoms with E-state index in [0.29, 0.717) is 19.5 Å². The van der Waals surface area contributed by atoms with E-state index in [1.54, 1.807) is 18.9 Å². The zero-order valence-corrected chi connectivity index (χ0v) is 10.5. The van der Waals surface area contributed by atoms with Crippen LogP contribution in [0.1, 0.15) is 20.3 Å². The van der Waals surface area contributed by atoms with Crippen molar-refractivity contribution in [2.45, 2.75) is 20.3 Å². The van der Waals surface area contributed by atoms with Crippen molar-refractivity contribution in [1.82, 2.24) is 4.90 Å². The van der Waals surface area contributed by atoms with E-state index in [2.05, 4.69) is 4.74 Å². The highest BCUT2D eigenvalue weighted by Gasteiger charge is 2.21. The van der Waals surface area contributed by atoms with Crippen molar-refractivity contribution in [2.75, 3.05) is 27.2 Å². The molecule has 0 saturated heterocycles. The fourth-order valence-electron chi connectivity index (χ4n) is 1.53. The fourth-order valence-corrected chi connectivity index (χ4v) is 1.53. The topological polar surface area (TPSA) is 72.6 Å². The molecule has 5 heteroatoms. The molecule has 16 heavy (non-hydrogen) atoms. The molecule has 0 radical (unpaired) electrons. The third-order valence-corrected chi connectivity index (χ3v) is 2.55. The summed E-state index contributed by atoms with van der Waals surface area (Å²) in [6.45, 7) is 4.45. The van der Waals surface area contributed by atoms with Crippen LogP contribution in [0.25, 0.3) is 0 Å². The molecule has 2 atom stereocenters. The summed E-state index contributed by atoms with van der Waals surface area (Å²) >= 11 is 0. The van der Waals surface area contributed by atoms with E-state index in [1.165, 1.54) is 7.11 Å². The number of hydrogen-bond donors (Lipinski definition) is 1. The van der Waals surface area contributed by atoms with Crippen LogP contribution in [-0.2, 0) is 14.3 Å². The van der Waals surface area contributed by atoms with Crippen LogP contribution in [0.5, 0.6) is 0 Å². The Labute approximate surface area is 96.9 Å². The number of nitrogens with zero attached hydrogens (tertiary/aromatic N) is 1. The molecule has 0 aromatic rings. The maximum atomic E-state index is 11.8. The monoisotopic (exact) mass is 230 g/mol. The molecule has 94 valence electrons. The highest BCUT2D eigenvalue weighted by molar-refractivity contribution is 5.79. The lowest BCUT2D eigenvalue weighted by molar-refractivity contribution is -0.146. The standard InChI is InChI=1S/C11H22N2O3/c1-8(5-6-12)10(14)13(3)7-9(2)11(15)16-4/h8-9H,5-7,12H2,1-4H3. The minimum atomic E-state index is -0.302. The van der Waals surface area contributed by atoms with Gasteiger partial charge in [-0.3, -0.25) is 9.59 Å². The van der Waals surface area contributed by atoms with Crippen LogP contribution < -0.4 is 5.73 Å². The SMILES string of the molecule is COC(=O)C(C)CN(C)C(=O)C(C)CCN. The maximum Gasteiger partial charge on any atom is 0.310 e. The fraction of sp³-hybridized carbons (Fsp3) is 0.818. The summed E-state index contributed by atoms with van der Waals surface area (Å²) in [7, 11) is 3.03. The minimum Gasteiger partial charge on any atom is -0.469 e. The summed E-state index contributed by atoms with van der Waals surface area (Å²) in [5.74, 6) is -0.684. The van der Waals surface area contributed by atoms with Gasteiger partial charge in [-0.2, -0.15) is 0 Å². The highest BCUT2D eigenvalue weighted by Crippen LogP contribution is 2.08. The second-order valence-corrected chi connectivity index (χ2v) is 4.12. The van der Waals surface area contributed by atoms with Gasteiger partial charge in [0, 0.05) is 19.5 Å².